The number of aryl methyl sites for hydroxylation is 1. The van der Waals surface area contributed by atoms with Gasteiger partial charge in [0.15, 0.2) is 0 Å². The van der Waals surface area contributed by atoms with Gasteiger partial charge in [0.05, 0.1) is 0 Å². The highest BCUT2D eigenvalue weighted by molar-refractivity contribution is 6.30. The van der Waals surface area contributed by atoms with Gasteiger partial charge >= 0.3 is 0 Å². The normalized spacial score (nSPS) is 16.5. The third-order valence-electron chi connectivity index (χ3n) is 7.23. The van der Waals surface area contributed by atoms with Crippen molar-refractivity contribution >= 4 is 11.6 Å². The second-order valence-corrected chi connectivity index (χ2v) is 10.3. The van der Waals surface area contributed by atoms with Crippen molar-refractivity contribution in [2.45, 2.75) is 51.5 Å². The molecule has 1 aromatic heterocycles. The Hall–Kier alpha value is -2.80. The Labute approximate surface area is 214 Å². The van der Waals surface area contributed by atoms with E-state index in [0.29, 0.717) is 12.6 Å². The molecule has 2 fully saturated rings. The lowest BCUT2D eigenvalue weighted by Gasteiger charge is -2.24. The van der Waals surface area contributed by atoms with Crippen molar-refractivity contribution in [1.29, 1.82) is 0 Å². The molecule has 2 aliphatic rings. The van der Waals surface area contributed by atoms with E-state index in [0.717, 1.165) is 57.1 Å². The van der Waals surface area contributed by atoms with E-state index in [2.05, 4.69) is 35.1 Å². The fourth-order valence-electron chi connectivity index (χ4n) is 5.18. The lowest BCUT2D eigenvalue weighted by molar-refractivity contribution is 0.270. The molecular formula is C31H33ClN2O. The molecule has 0 amide bonds. The van der Waals surface area contributed by atoms with Gasteiger partial charge in [0, 0.05) is 34.9 Å². The standard InChI is InChI=1S/C31H33ClN2O/c1-22-20-23(6-15-29-16-12-27(21-34-29)24-10-13-28(32)14-11-24)7-17-30(22)35-19-18-33-31(26-8-9-26)25-4-2-3-5-25/h7,10-14,16-17,20-21,25-26,31,33H,2-5,8-9,18-19H2,1H3. The van der Waals surface area contributed by atoms with E-state index in [4.69, 9.17) is 16.3 Å². The first-order valence-electron chi connectivity index (χ1n) is 12.9. The number of hydrogen-bond donors (Lipinski definition) is 1. The van der Waals surface area contributed by atoms with E-state index in [1.54, 1.807) is 0 Å². The van der Waals surface area contributed by atoms with Gasteiger partial charge in [0.1, 0.15) is 18.1 Å². The van der Waals surface area contributed by atoms with Crippen LogP contribution in [0.15, 0.2) is 60.8 Å². The Kier molecular flexibility index (Phi) is 7.72. The fraction of sp³-hybridized carbons (Fsp3) is 0.387. The summed E-state index contributed by atoms with van der Waals surface area (Å²) in [6.45, 7) is 3.70. The molecule has 0 saturated heterocycles. The molecule has 1 unspecified atom stereocenters. The van der Waals surface area contributed by atoms with Crippen LogP contribution in [-0.2, 0) is 0 Å². The van der Waals surface area contributed by atoms with Gasteiger partial charge in [-0.15, -0.1) is 0 Å². The van der Waals surface area contributed by atoms with E-state index in [-0.39, 0.29) is 0 Å². The van der Waals surface area contributed by atoms with Crippen LogP contribution in [0.25, 0.3) is 11.1 Å². The summed E-state index contributed by atoms with van der Waals surface area (Å²) in [5, 5.41) is 4.55. The molecule has 2 aromatic carbocycles. The third kappa shape index (κ3) is 6.45. The molecule has 2 aliphatic carbocycles. The molecule has 1 atom stereocenters. The average Bonchev–Trinajstić information content (AvgIpc) is 3.57. The molecule has 0 aliphatic heterocycles. The molecule has 0 bridgehead atoms. The Morgan fingerprint density at radius 1 is 0.943 bits per heavy atom. The zero-order valence-corrected chi connectivity index (χ0v) is 21.2. The summed E-state index contributed by atoms with van der Waals surface area (Å²) in [4.78, 5) is 4.50. The highest BCUT2D eigenvalue weighted by atomic mass is 35.5. The molecule has 2 saturated carbocycles. The quantitative estimate of drug-likeness (QED) is 0.275. The van der Waals surface area contributed by atoms with Gasteiger partial charge in [0.25, 0.3) is 0 Å². The Bertz CT molecular complexity index is 1180. The van der Waals surface area contributed by atoms with Crippen LogP contribution < -0.4 is 10.1 Å². The number of nitrogens with zero attached hydrogens (tertiary/aromatic N) is 1. The van der Waals surface area contributed by atoms with Crippen LogP contribution in [0.3, 0.4) is 0 Å². The Morgan fingerprint density at radius 3 is 2.37 bits per heavy atom. The van der Waals surface area contributed by atoms with Crippen LogP contribution in [0.5, 0.6) is 5.75 Å². The van der Waals surface area contributed by atoms with Gasteiger partial charge in [-0.1, -0.05) is 48.6 Å². The fourth-order valence-corrected chi connectivity index (χ4v) is 5.31. The zero-order chi connectivity index (χ0) is 24.0. The smallest absolute Gasteiger partial charge is 0.122 e. The van der Waals surface area contributed by atoms with Crippen molar-refractivity contribution in [2.24, 2.45) is 11.8 Å². The number of hydrogen-bond acceptors (Lipinski definition) is 3. The van der Waals surface area contributed by atoms with Crippen LogP contribution in [0.2, 0.25) is 5.02 Å². The Morgan fingerprint density at radius 2 is 1.69 bits per heavy atom. The molecular weight excluding hydrogens is 452 g/mol. The topological polar surface area (TPSA) is 34.1 Å². The zero-order valence-electron chi connectivity index (χ0n) is 20.4. The third-order valence-corrected chi connectivity index (χ3v) is 7.48. The van der Waals surface area contributed by atoms with Crippen molar-refractivity contribution in [3.63, 3.8) is 0 Å². The highest BCUT2D eigenvalue weighted by Crippen LogP contribution is 2.41. The van der Waals surface area contributed by atoms with E-state index < -0.39 is 0 Å². The maximum Gasteiger partial charge on any atom is 0.122 e. The number of nitrogens with one attached hydrogen (secondary N) is 1. The minimum absolute atomic E-state index is 0.700. The highest BCUT2D eigenvalue weighted by Gasteiger charge is 2.37. The van der Waals surface area contributed by atoms with Crippen LogP contribution in [0.4, 0.5) is 0 Å². The van der Waals surface area contributed by atoms with Crippen LogP contribution in [-0.4, -0.2) is 24.2 Å². The van der Waals surface area contributed by atoms with Gasteiger partial charge in [-0.3, -0.25) is 0 Å². The molecule has 4 heteroatoms. The lowest BCUT2D eigenvalue weighted by Crippen LogP contribution is -2.39. The summed E-state index contributed by atoms with van der Waals surface area (Å²) in [7, 11) is 0. The molecule has 35 heavy (non-hydrogen) atoms. The van der Waals surface area contributed by atoms with E-state index >= 15 is 0 Å². The van der Waals surface area contributed by atoms with Crippen molar-refractivity contribution < 1.29 is 4.74 Å². The van der Waals surface area contributed by atoms with Gasteiger partial charge in [0.2, 0.25) is 0 Å². The average molecular weight is 485 g/mol. The van der Waals surface area contributed by atoms with Gasteiger partial charge in [-0.25, -0.2) is 4.98 Å². The number of ether oxygens (including phenoxy) is 1. The minimum Gasteiger partial charge on any atom is -0.492 e. The molecule has 0 spiro atoms. The van der Waals surface area contributed by atoms with E-state index in [1.165, 1.54) is 38.5 Å². The SMILES string of the molecule is Cc1cc(C#Cc2ccc(-c3ccc(Cl)cc3)cn2)ccc1OCCNC(C1CCCC1)C1CC1. The maximum absolute atomic E-state index is 6.10. The predicted molar refractivity (Wildman–Crippen MR) is 144 cm³/mol. The van der Waals surface area contributed by atoms with Gasteiger partial charge in [-0.2, -0.15) is 0 Å². The lowest BCUT2D eigenvalue weighted by atomic mass is 9.94. The Balaban J connectivity index is 1.13. The van der Waals surface area contributed by atoms with Gasteiger partial charge in [-0.05, 0) is 97.9 Å². The summed E-state index contributed by atoms with van der Waals surface area (Å²) in [5.74, 6) is 9.12. The summed E-state index contributed by atoms with van der Waals surface area (Å²) in [6.07, 6.45) is 10.3. The predicted octanol–water partition coefficient (Wildman–Crippen LogP) is 7.05. The van der Waals surface area contributed by atoms with E-state index in [1.807, 2.05) is 54.7 Å². The summed E-state index contributed by atoms with van der Waals surface area (Å²) in [5.41, 5.74) is 4.96. The monoisotopic (exact) mass is 484 g/mol. The summed E-state index contributed by atoms with van der Waals surface area (Å²) < 4.78 is 6.10. The number of halogens is 1. The van der Waals surface area contributed by atoms with E-state index in [9.17, 15) is 0 Å². The molecule has 0 radical (unpaired) electrons. The molecule has 1 N–H and O–H groups in total. The molecule has 180 valence electrons. The van der Waals surface area contributed by atoms with Crippen LogP contribution in [0.1, 0.15) is 55.3 Å². The van der Waals surface area contributed by atoms with Crippen molar-refractivity contribution in [3.05, 3.63) is 82.6 Å². The first-order valence-corrected chi connectivity index (χ1v) is 13.2. The second-order valence-electron chi connectivity index (χ2n) is 9.88. The van der Waals surface area contributed by atoms with Crippen molar-refractivity contribution in [3.8, 4) is 28.7 Å². The van der Waals surface area contributed by atoms with Crippen LogP contribution in [0, 0.1) is 30.6 Å². The first-order chi connectivity index (χ1) is 17.2. The van der Waals surface area contributed by atoms with Crippen LogP contribution >= 0.6 is 11.6 Å². The maximum atomic E-state index is 6.10. The molecule has 1 heterocycles. The largest absolute Gasteiger partial charge is 0.492 e. The second kappa shape index (κ2) is 11.3. The number of pyridine rings is 1. The molecule has 3 aromatic rings. The molecule has 3 nitrogen and oxygen atoms in total. The number of benzene rings is 2. The summed E-state index contributed by atoms with van der Waals surface area (Å²) >= 11 is 5.98. The summed E-state index contributed by atoms with van der Waals surface area (Å²) in [6, 6.07) is 18.6. The van der Waals surface area contributed by atoms with Crippen molar-refractivity contribution in [2.75, 3.05) is 13.2 Å². The molecule has 5 rings (SSSR count). The number of rotatable bonds is 8. The number of aromatic nitrogens is 1. The first kappa shape index (κ1) is 23.9. The minimum atomic E-state index is 0.700. The van der Waals surface area contributed by atoms with Gasteiger partial charge < -0.3 is 10.1 Å². The van der Waals surface area contributed by atoms with Crippen molar-refractivity contribution in [1.82, 2.24) is 10.3 Å².